The van der Waals surface area contributed by atoms with Crippen LogP contribution in [0, 0.1) is 17.8 Å². The minimum Gasteiger partial charge on any atom is -0.458 e. The van der Waals surface area contributed by atoms with Crippen molar-refractivity contribution in [3.63, 3.8) is 0 Å². The quantitative estimate of drug-likeness (QED) is 0.264. The Morgan fingerprint density at radius 3 is 2.69 bits per heavy atom. The largest absolute Gasteiger partial charge is 0.458 e. The number of hydrogen-bond donors (Lipinski definition) is 1. The van der Waals surface area contributed by atoms with E-state index in [4.69, 9.17) is 0 Å². The van der Waals surface area contributed by atoms with E-state index >= 15 is 0 Å². The Kier molecular flexibility index (Phi) is 12.1. The van der Waals surface area contributed by atoms with Gasteiger partial charge in [-0.3, -0.25) is 14.4 Å². The van der Waals surface area contributed by atoms with E-state index in [1.807, 2.05) is 18.2 Å². The molecule has 0 aromatic carbocycles. The van der Waals surface area contributed by atoms with Gasteiger partial charge in [-0.05, 0) is 37.7 Å². The topological polar surface area (TPSA) is 80.7 Å². The third-order valence-corrected chi connectivity index (χ3v) is 5.19. The summed E-state index contributed by atoms with van der Waals surface area (Å²) in [5.74, 6) is -0.300. The molecule has 1 rings (SSSR count). The zero-order chi connectivity index (χ0) is 21.6. The smallest absolute Gasteiger partial charge is 0.303 e. The van der Waals surface area contributed by atoms with Crippen LogP contribution in [-0.2, 0) is 19.1 Å². The number of ketones is 2. The third-order valence-electron chi connectivity index (χ3n) is 5.19. The lowest BCUT2D eigenvalue weighted by Gasteiger charge is -2.14. The van der Waals surface area contributed by atoms with E-state index in [0.29, 0.717) is 18.8 Å². The summed E-state index contributed by atoms with van der Waals surface area (Å²) in [4.78, 5) is 34.4. The van der Waals surface area contributed by atoms with Gasteiger partial charge in [0.25, 0.3) is 0 Å². The average molecular weight is 405 g/mol. The number of aliphatic hydroxyl groups is 1. The van der Waals surface area contributed by atoms with Gasteiger partial charge in [-0.1, -0.05) is 63.5 Å². The number of esters is 1. The molecule has 0 aromatic rings. The number of aliphatic hydroxyl groups excluding tert-OH is 1. The van der Waals surface area contributed by atoms with Crippen LogP contribution in [0.25, 0.3) is 0 Å². The molecule has 0 amide bonds. The number of carbonyl (C=O) groups excluding carboxylic acids is 3. The van der Waals surface area contributed by atoms with Crippen molar-refractivity contribution >= 4 is 17.5 Å². The van der Waals surface area contributed by atoms with E-state index in [-0.39, 0.29) is 24.0 Å². The molecule has 0 aliphatic heterocycles. The average Bonchev–Trinajstić information content (AvgIpc) is 3.03. The molecule has 0 heterocycles. The fourth-order valence-electron chi connectivity index (χ4n) is 3.30. The van der Waals surface area contributed by atoms with Crippen LogP contribution in [0.2, 0.25) is 0 Å². The molecule has 1 unspecified atom stereocenters. The predicted octanol–water partition coefficient (Wildman–Crippen LogP) is 4.35. The van der Waals surface area contributed by atoms with Gasteiger partial charge in [0.15, 0.2) is 18.2 Å². The van der Waals surface area contributed by atoms with Gasteiger partial charge in [0.2, 0.25) is 0 Å². The van der Waals surface area contributed by atoms with Gasteiger partial charge < -0.3 is 9.84 Å². The molecule has 5 heteroatoms. The lowest BCUT2D eigenvalue weighted by molar-refractivity contribution is -0.148. The number of carbonyl (C=O) groups is 3. The van der Waals surface area contributed by atoms with E-state index < -0.39 is 24.5 Å². The number of ether oxygens (including phenoxy) is 1. The van der Waals surface area contributed by atoms with Crippen molar-refractivity contribution in [2.24, 2.45) is 17.8 Å². The van der Waals surface area contributed by atoms with E-state index in [2.05, 4.69) is 30.7 Å². The van der Waals surface area contributed by atoms with Crippen molar-refractivity contribution in [2.45, 2.75) is 71.8 Å². The van der Waals surface area contributed by atoms with Crippen LogP contribution in [0.3, 0.4) is 0 Å². The summed E-state index contributed by atoms with van der Waals surface area (Å²) in [6.07, 6.45) is 17.1. The molecule has 0 saturated carbocycles. The molecule has 5 nitrogen and oxygen atoms in total. The second kappa shape index (κ2) is 14.0. The van der Waals surface area contributed by atoms with Crippen molar-refractivity contribution in [3.05, 3.63) is 36.5 Å². The molecule has 0 aromatic heterocycles. The van der Waals surface area contributed by atoms with Crippen LogP contribution in [-0.4, -0.2) is 35.4 Å². The Morgan fingerprint density at radius 1 is 1.24 bits per heavy atom. The molecule has 4 atom stereocenters. The van der Waals surface area contributed by atoms with Gasteiger partial charge >= 0.3 is 5.97 Å². The van der Waals surface area contributed by atoms with Crippen LogP contribution < -0.4 is 0 Å². The number of Topliss-reactive ketones (excluding diaryl/α,β-unsaturated/α-hetero) is 1. The first kappa shape index (κ1) is 25.0. The molecule has 1 aliphatic carbocycles. The Hall–Kier alpha value is -2.01. The summed E-state index contributed by atoms with van der Waals surface area (Å²) in [5.41, 5.74) is 0. The summed E-state index contributed by atoms with van der Waals surface area (Å²) in [7, 11) is 0. The first-order valence-electron chi connectivity index (χ1n) is 10.7. The van der Waals surface area contributed by atoms with Gasteiger partial charge in [-0.15, -0.1) is 0 Å². The van der Waals surface area contributed by atoms with Gasteiger partial charge in [-0.2, -0.15) is 0 Å². The standard InChI is InChI=1S/C24H36O5/c1-4-5-7-10-18(2)13-14-20-15-16-22(26)21(20)11-8-6-9-12-23(27)24(28)17-29-19(3)25/h6,8,13-16,18,20-21,23,27H,4-5,7,9-12,17H2,1-3H3/b8-6-,14-13+/t18-,20+,21-,23?/m1/s1. The first-order chi connectivity index (χ1) is 13.8. The summed E-state index contributed by atoms with van der Waals surface area (Å²) in [6, 6.07) is 0. The van der Waals surface area contributed by atoms with E-state index in [0.717, 1.165) is 0 Å². The molecule has 1 aliphatic rings. The minimum absolute atomic E-state index is 0.0686. The van der Waals surface area contributed by atoms with Crippen LogP contribution >= 0.6 is 0 Å². The number of rotatable bonds is 14. The molecular weight excluding hydrogens is 368 g/mol. The highest BCUT2D eigenvalue weighted by Gasteiger charge is 2.27. The lowest BCUT2D eigenvalue weighted by Crippen LogP contribution is -2.25. The Balaban J connectivity index is 2.38. The molecule has 0 bridgehead atoms. The monoisotopic (exact) mass is 404 g/mol. The van der Waals surface area contributed by atoms with Gasteiger partial charge in [0.05, 0.1) is 0 Å². The van der Waals surface area contributed by atoms with Gasteiger partial charge in [0.1, 0.15) is 6.10 Å². The third kappa shape index (κ3) is 10.4. The maximum Gasteiger partial charge on any atom is 0.303 e. The number of hydrogen-bond acceptors (Lipinski definition) is 5. The molecule has 0 saturated heterocycles. The SMILES string of the molecule is CCCCC[C@@H](C)/C=C/[C@H]1C=CC(=O)[C@@H]1C/C=C\CCC(O)C(=O)COC(C)=O. The van der Waals surface area contributed by atoms with Gasteiger partial charge in [-0.25, -0.2) is 0 Å². The molecule has 0 fully saturated rings. The highest BCUT2D eigenvalue weighted by atomic mass is 16.5. The summed E-state index contributed by atoms with van der Waals surface area (Å²) >= 11 is 0. The molecule has 0 radical (unpaired) electrons. The van der Waals surface area contributed by atoms with Crippen LogP contribution in [0.15, 0.2) is 36.5 Å². The fourth-order valence-corrected chi connectivity index (χ4v) is 3.30. The molecule has 162 valence electrons. The first-order valence-corrected chi connectivity index (χ1v) is 10.7. The second-order valence-corrected chi connectivity index (χ2v) is 7.85. The van der Waals surface area contributed by atoms with Crippen LogP contribution in [0.1, 0.15) is 65.7 Å². The lowest BCUT2D eigenvalue weighted by atomic mass is 9.89. The minimum atomic E-state index is -1.14. The predicted molar refractivity (Wildman–Crippen MR) is 114 cm³/mol. The van der Waals surface area contributed by atoms with Crippen LogP contribution in [0.4, 0.5) is 0 Å². The highest BCUT2D eigenvalue weighted by molar-refractivity contribution is 5.95. The second-order valence-electron chi connectivity index (χ2n) is 7.85. The molecule has 1 N–H and O–H groups in total. The Labute approximate surface area is 174 Å². The van der Waals surface area contributed by atoms with Crippen molar-refractivity contribution < 1.29 is 24.2 Å². The number of unbranched alkanes of at least 4 members (excludes halogenated alkanes) is 2. The fraction of sp³-hybridized carbons (Fsp3) is 0.625. The Bertz CT molecular complexity index is 617. The van der Waals surface area contributed by atoms with E-state index in [1.54, 1.807) is 6.08 Å². The van der Waals surface area contributed by atoms with Crippen molar-refractivity contribution in [1.29, 1.82) is 0 Å². The molecule has 0 spiro atoms. The highest BCUT2D eigenvalue weighted by Crippen LogP contribution is 2.28. The molecular formula is C24H36O5. The van der Waals surface area contributed by atoms with Gasteiger partial charge in [0, 0.05) is 18.8 Å². The van der Waals surface area contributed by atoms with E-state index in [1.165, 1.54) is 32.6 Å². The zero-order valence-electron chi connectivity index (χ0n) is 18.0. The maximum absolute atomic E-state index is 12.1. The molecule has 29 heavy (non-hydrogen) atoms. The number of allylic oxidation sites excluding steroid dienone is 6. The van der Waals surface area contributed by atoms with E-state index in [9.17, 15) is 19.5 Å². The zero-order valence-corrected chi connectivity index (χ0v) is 18.0. The summed E-state index contributed by atoms with van der Waals surface area (Å²) < 4.78 is 4.59. The van der Waals surface area contributed by atoms with Crippen LogP contribution in [0.5, 0.6) is 0 Å². The Morgan fingerprint density at radius 2 is 2.00 bits per heavy atom. The summed E-state index contributed by atoms with van der Waals surface area (Å²) in [5, 5.41) is 9.78. The maximum atomic E-state index is 12.1. The normalized spacial score (nSPS) is 21.2. The van der Waals surface area contributed by atoms with Crippen molar-refractivity contribution in [2.75, 3.05) is 6.61 Å². The van der Waals surface area contributed by atoms with Crippen molar-refractivity contribution in [3.8, 4) is 0 Å². The van der Waals surface area contributed by atoms with Crippen molar-refractivity contribution in [1.82, 2.24) is 0 Å². The summed E-state index contributed by atoms with van der Waals surface area (Å²) in [6.45, 7) is 5.25.